The van der Waals surface area contributed by atoms with E-state index in [1.165, 1.54) is 6.07 Å². The van der Waals surface area contributed by atoms with Crippen LogP contribution in [0.2, 0.25) is 0 Å². The van der Waals surface area contributed by atoms with Crippen molar-refractivity contribution in [3.8, 4) is 0 Å². The Balaban J connectivity index is 2.58. The van der Waals surface area contributed by atoms with Crippen molar-refractivity contribution >= 4 is 16.8 Å². The van der Waals surface area contributed by atoms with Gasteiger partial charge in [-0.05, 0) is 17.5 Å². The molecule has 0 fully saturated rings. The summed E-state index contributed by atoms with van der Waals surface area (Å²) in [6, 6.07) is 8.50. The van der Waals surface area contributed by atoms with Crippen LogP contribution < -0.4 is 10.9 Å². The van der Waals surface area contributed by atoms with E-state index >= 15 is 0 Å². The molecule has 0 aliphatic carbocycles. The van der Waals surface area contributed by atoms with E-state index in [9.17, 15) is 14.0 Å². The second-order valence-electron chi connectivity index (χ2n) is 3.24. The van der Waals surface area contributed by atoms with Crippen LogP contribution in [0.5, 0.6) is 0 Å². The Bertz CT molecular complexity index is 592. The van der Waals surface area contributed by atoms with E-state index in [1.807, 2.05) is 5.32 Å². The van der Waals surface area contributed by atoms with Gasteiger partial charge in [0.2, 0.25) is 0 Å². The third-order valence-electron chi connectivity index (χ3n) is 2.23. The number of para-hydroxylation sites is 1. The van der Waals surface area contributed by atoms with Gasteiger partial charge in [0.25, 0.3) is 11.5 Å². The predicted molar refractivity (Wildman–Crippen MR) is 58.0 cm³/mol. The number of amides is 1. The quantitative estimate of drug-likeness (QED) is 0.746. The molecule has 2 N–H and O–H groups in total. The molecule has 1 heterocycles. The Morgan fingerprint density at radius 1 is 1.38 bits per heavy atom. The summed E-state index contributed by atoms with van der Waals surface area (Å²) in [6.45, 7) is -0.995. The number of carbonyl (C=O) groups is 1. The summed E-state index contributed by atoms with van der Waals surface area (Å²) in [6.07, 6.45) is 0. The highest BCUT2D eigenvalue weighted by Gasteiger charge is 2.10. The molecule has 1 amide bonds. The zero-order valence-corrected chi connectivity index (χ0v) is 8.29. The summed E-state index contributed by atoms with van der Waals surface area (Å²) in [5.41, 5.74) is 0.0327. The maximum Gasteiger partial charge on any atom is 0.261 e. The van der Waals surface area contributed by atoms with E-state index in [1.54, 1.807) is 24.3 Å². The smallest absolute Gasteiger partial charge is 0.261 e. The van der Waals surface area contributed by atoms with Gasteiger partial charge >= 0.3 is 0 Å². The molecule has 0 radical (unpaired) electrons. The average molecular weight is 220 g/mol. The second kappa shape index (κ2) is 4.14. The van der Waals surface area contributed by atoms with Gasteiger partial charge in [0.05, 0.1) is 0 Å². The van der Waals surface area contributed by atoms with Gasteiger partial charge < -0.3 is 10.3 Å². The lowest BCUT2D eigenvalue weighted by molar-refractivity contribution is 0.0936. The fourth-order valence-electron chi connectivity index (χ4n) is 1.47. The van der Waals surface area contributed by atoms with Gasteiger partial charge in [-0.15, -0.1) is 0 Å². The lowest BCUT2D eigenvalue weighted by Crippen LogP contribution is -2.28. The van der Waals surface area contributed by atoms with Crippen LogP contribution in [0.15, 0.2) is 35.1 Å². The zero-order valence-electron chi connectivity index (χ0n) is 8.29. The Morgan fingerprint density at radius 2 is 2.12 bits per heavy atom. The molecule has 0 aliphatic heterocycles. The van der Waals surface area contributed by atoms with E-state index in [0.29, 0.717) is 5.52 Å². The molecular weight excluding hydrogens is 211 g/mol. The Morgan fingerprint density at radius 3 is 2.88 bits per heavy atom. The summed E-state index contributed by atoms with van der Waals surface area (Å²) >= 11 is 0. The summed E-state index contributed by atoms with van der Waals surface area (Å²) in [4.78, 5) is 25.4. The number of nitrogens with one attached hydrogen (secondary N) is 2. The largest absolute Gasteiger partial charge is 0.325 e. The fourth-order valence-corrected chi connectivity index (χ4v) is 1.47. The molecule has 0 saturated heterocycles. The molecule has 0 unspecified atom stereocenters. The number of rotatable bonds is 2. The van der Waals surface area contributed by atoms with Gasteiger partial charge in [-0.3, -0.25) is 9.59 Å². The predicted octanol–water partition coefficient (Wildman–Crippen LogP) is 1.18. The van der Waals surface area contributed by atoms with Crippen molar-refractivity contribution in [2.24, 2.45) is 0 Å². The molecular formula is C11H9FN2O2. The number of aromatic amines is 1. The molecule has 0 bridgehead atoms. The number of carbonyl (C=O) groups excluding carboxylic acids is 1. The minimum atomic E-state index is -0.995. The number of benzene rings is 1. The summed E-state index contributed by atoms with van der Waals surface area (Å²) in [5, 5.41) is 2.67. The van der Waals surface area contributed by atoms with Crippen LogP contribution in [-0.4, -0.2) is 17.7 Å². The van der Waals surface area contributed by atoms with Crippen molar-refractivity contribution in [1.29, 1.82) is 0 Å². The first-order chi connectivity index (χ1) is 7.72. The van der Waals surface area contributed by atoms with Crippen molar-refractivity contribution in [1.82, 2.24) is 10.3 Å². The van der Waals surface area contributed by atoms with Gasteiger partial charge in [-0.25, -0.2) is 4.39 Å². The number of hydrogen-bond donors (Lipinski definition) is 2. The van der Waals surface area contributed by atoms with Crippen LogP contribution in [0.25, 0.3) is 10.9 Å². The summed E-state index contributed by atoms with van der Waals surface area (Å²) in [7, 11) is 0. The van der Waals surface area contributed by atoms with Crippen LogP contribution in [0.4, 0.5) is 4.39 Å². The van der Waals surface area contributed by atoms with Gasteiger partial charge in [-0.2, -0.15) is 0 Å². The minimum Gasteiger partial charge on any atom is -0.325 e. The molecule has 0 atom stereocenters. The molecule has 0 saturated carbocycles. The lowest BCUT2D eigenvalue weighted by Gasteiger charge is -2.02. The number of alkyl halides is 1. The summed E-state index contributed by atoms with van der Waals surface area (Å²) in [5.74, 6) is -0.713. The van der Waals surface area contributed by atoms with Crippen molar-refractivity contribution in [3.63, 3.8) is 0 Å². The maximum absolute atomic E-state index is 11.9. The third-order valence-corrected chi connectivity index (χ3v) is 2.23. The molecule has 82 valence electrons. The maximum atomic E-state index is 11.9. The first-order valence-corrected chi connectivity index (χ1v) is 4.68. The van der Waals surface area contributed by atoms with Gasteiger partial charge in [0.1, 0.15) is 5.56 Å². The number of H-pyrrole nitrogens is 1. The van der Waals surface area contributed by atoms with Crippen LogP contribution in [0.3, 0.4) is 0 Å². The van der Waals surface area contributed by atoms with E-state index in [-0.39, 0.29) is 5.56 Å². The van der Waals surface area contributed by atoms with Crippen LogP contribution >= 0.6 is 0 Å². The molecule has 0 aliphatic rings. The van der Waals surface area contributed by atoms with Crippen molar-refractivity contribution in [2.75, 3.05) is 6.80 Å². The molecule has 2 rings (SSSR count). The molecule has 16 heavy (non-hydrogen) atoms. The first kappa shape index (κ1) is 10.4. The Labute approximate surface area is 90.1 Å². The highest BCUT2D eigenvalue weighted by Crippen LogP contribution is 2.09. The number of fused-ring (bicyclic) bond motifs is 1. The van der Waals surface area contributed by atoms with Crippen molar-refractivity contribution in [2.45, 2.75) is 0 Å². The molecule has 0 spiro atoms. The third kappa shape index (κ3) is 1.79. The van der Waals surface area contributed by atoms with Crippen molar-refractivity contribution < 1.29 is 9.18 Å². The van der Waals surface area contributed by atoms with Crippen molar-refractivity contribution in [3.05, 3.63) is 46.2 Å². The van der Waals surface area contributed by atoms with Gasteiger partial charge in [0.15, 0.2) is 6.80 Å². The minimum absolute atomic E-state index is 0.0867. The number of hydrogen-bond acceptors (Lipinski definition) is 2. The standard InChI is InChI=1S/C11H9FN2O2/c12-6-13-10(15)8-5-7-3-1-2-4-9(7)14-11(8)16/h1-5H,6H2,(H,13,15)(H,14,16). The van der Waals surface area contributed by atoms with Crippen LogP contribution in [0, 0.1) is 0 Å². The second-order valence-corrected chi connectivity index (χ2v) is 3.24. The van der Waals surface area contributed by atoms with E-state index in [0.717, 1.165) is 5.39 Å². The van der Waals surface area contributed by atoms with Crippen LogP contribution in [-0.2, 0) is 0 Å². The number of pyridine rings is 1. The summed E-state index contributed by atoms with van der Waals surface area (Å²) < 4.78 is 11.9. The lowest BCUT2D eigenvalue weighted by atomic mass is 10.1. The molecule has 1 aromatic carbocycles. The fraction of sp³-hybridized carbons (Fsp3) is 0.0909. The van der Waals surface area contributed by atoms with Gasteiger partial charge in [0, 0.05) is 5.52 Å². The highest BCUT2D eigenvalue weighted by molar-refractivity contribution is 5.97. The van der Waals surface area contributed by atoms with E-state index in [4.69, 9.17) is 0 Å². The first-order valence-electron chi connectivity index (χ1n) is 4.68. The highest BCUT2D eigenvalue weighted by atomic mass is 19.1. The van der Waals surface area contributed by atoms with Crippen LogP contribution in [0.1, 0.15) is 10.4 Å². The Kier molecular flexibility index (Phi) is 2.68. The number of halogens is 1. The molecule has 5 heteroatoms. The monoisotopic (exact) mass is 220 g/mol. The van der Waals surface area contributed by atoms with E-state index < -0.39 is 18.3 Å². The zero-order chi connectivity index (χ0) is 11.5. The topological polar surface area (TPSA) is 62.0 Å². The number of aromatic nitrogens is 1. The van der Waals surface area contributed by atoms with E-state index in [2.05, 4.69) is 4.98 Å². The average Bonchev–Trinajstić information content (AvgIpc) is 2.28. The molecule has 1 aromatic heterocycles. The SMILES string of the molecule is O=C(NCF)c1cc2ccccc2[nH]c1=O. The van der Waals surface area contributed by atoms with Gasteiger partial charge in [-0.1, -0.05) is 18.2 Å². The molecule has 2 aromatic rings. The Hall–Kier alpha value is -2.17. The normalized spacial score (nSPS) is 10.3. The molecule has 4 nitrogen and oxygen atoms in total.